The van der Waals surface area contributed by atoms with Crippen LogP contribution in [0, 0.1) is 0 Å². The van der Waals surface area contributed by atoms with Crippen molar-refractivity contribution >= 4 is 0 Å². The fourth-order valence-electron chi connectivity index (χ4n) is 2.65. The van der Waals surface area contributed by atoms with Crippen LogP contribution in [0.15, 0.2) is 42.5 Å². The van der Waals surface area contributed by atoms with E-state index in [2.05, 4.69) is 12.1 Å². The Morgan fingerprint density at radius 2 is 1.65 bits per heavy atom. The third-order valence-corrected chi connectivity index (χ3v) is 3.88. The summed E-state index contributed by atoms with van der Waals surface area (Å²) in [5.41, 5.74) is 8.31. The molecule has 2 aromatic carbocycles. The molecule has 23 heavy (non-hydrogen) atoms. The molecule has 0 aliphatic carbocycles. The minimum Gasteiger partial charge on any atom is -0.497 e. The Hall–Kier alpha value is -2.20. The van der Waals surface area contributed by atoms with Crippen LogP contribution in [-0.2, 0) is 6.42 Å². The highest BCUT2D eigenvalue weighted by Gasteiger charge is 2.16. The van der Waals surface area contributed by atoms with E-state index >= 15 is 0 Å². The largest absolute Gasteiger partial charge is 0.497 e. The number of rotatable bonds is 8. The third kappa shape index (κ3) is 4.39. The summed E-state index contributed by atoms with van der Waals surface area (Å²) in [5.74, 6) is 2.70. The second kappa shape index (κ2) is 8.44. The van der Waals surface area contributed by atoms with Crippen LogP contribution in [-0.4, -0.2) is 27.4 Å². The molecule has 0 aliphatic rings. The van der Waals surface area contributed by atoms with Gasteiger partial charge in [-0.25, -0.2) is 0 Å². The van der Waals surface area contributed by atoms with Crippen molar-refractivity contribution in [3.05, 3.63) is 53.6 Å². The number of nitrogens with two attached hydrogens (primary N) is 1. The van der Waals surface area contributed by atoms with Gasteiger partial charge in [-0.3, -0.25) is 0 Å². The number of hydrogen-bond acceptors (Lipinski definition) is 4. The molecule has 4 heteroatoms. The van der Waals surface area contributed by atoms with Crippen molar-refractivity contribution in [2.75, 3.05) is 27.4 Å². The van der Waals surface area contributed by atoms with Gasteiger partial charge in [-0.1, -0.05) is 12.1 Å². The van der Waals surface area contributed by atoms with Crippen LogP contribution < -0.4 is 19.9 Å². The van der Waals surface area contributed by atoms with E-state index in [9.17, 15) is 0 Å². The Kier molecular flexibility index (Phi) is 6.29. The third-order valence-electron chi connectivity index (χ3n) is 3.88. The second-order valence-corrected chi connectivity index (χ2v) is 5.32. The summed E-state index contributed by atoms with van der Waals surface area (Å²) in [4.78, 5) is 0. The zero-order chi connectivity index (χ0) is 16.7. The molecule has 0 radical (unpaired) electrons. The van der Waals surface area contributed by atoms with Crippen LogP contribution in [0.2, 0.25) is 0 Å². The Bertz CT molecular complexity index is 611. The minimum absolute atomic E-state index is 0.165. The first kappa shape index (κ1) is 17.2. The average Bonchev–Trinajstić information content (AvgIpc) is 2.60. The van der Waals surface area contributed by atoms with E-state index in [-0.39, 0.29) is 5.92 Å². The Balaban J connectivity index is 2.22. The summed E-state index contributed by atoms with van der Waals surface area (Å²) in [7, 11) is 3.34. The van der Waals surface area contributed by atoms with E-state index in [0.717, 1.165) is 29.2 Å². The van der Waals surface area contributed by atoms with Crippen LogP contribution >= 0.6 is 0 Å². The number of hydrogen-bond donors (Lipinski definition) is 1. The van der Waals surface area contributed by atoms with Crippen molar-refractivity contribution < 1.29 is 14.2 Å². The van der Waals surface area contributed by atoms with Crippen LogP contribution in [0.25, 0.3) is 0 Å². The van der Waals surface area contributed by atoms with E-state index in [1.165, 1.54) is 5.56 Å². The van der Waals surface area contributed by atoms with Gasteiger partial charge in [0, 0.05) is 11.5 Å². The Labute approximate surface area is 138 Å². The lowest BCUT2D eigenvalue weighted by molar-refractivity contribution is 0.340. The van der Waals surface area contributed by atoms with Gasteiger partial charge >= 0.3 is 0 Å². The fourth-order valence-corrected chi connectivity index (χ4v) is 2.65. The number of benzene rings is 2. The first-order valence-electron chi connectivity index (χ1n) is 7.85. The predicted octanol–water partition coefficient (Wildman–Crippen LogP) is 3.39. The number of methoxy groups -OCH3 is 2. The smallest absolute Gasteiger partial charge is 0.122 e. The van der Waals surface area contributed by atoms with E-state index in [0.29, 0.717) is 13.2 Å². The normalized spacial score (nSPS) is 11.8. The SMILES string of the molecule is CCOc1ccc(CC(CN)c2cc(OC)ccc2OC)cc1. The zero-order valence-corrected chi connectivity index (χ0v) is 14.0. The molecule has 0 aromatic heterocycles. The molecule has 2 aromatic rings. The van der Waals surface area contributed by atoms with Gasteiger partial charge in [0.15, 0.2) is 0 Å². The molecule has 1 unspecified atom stereocenters. The Morgan fingerprint density at radius 1 is 0.957 bits per heavy atom. The standard InChI is InChI=1S/C19H25NO3/c1-4-23-16-7-5-14(6-8-16)11-15(13-20)18-12-17(21-2)9-10-19(18)22-3/h5-10,12,15H,4,11,13,20H2,1-3H3. The lowest BCUT2D eigenvalue weighted by Gasteiger charge is -2.19. The molecule has 0 aliphatic heterocycles. The van der Waals surface area contributed by atoms with Gasteiger partial charge in [0.25, 0.3) is 0 Å². The lowest BCUT2D eigenvalue weighted by Crippen LogP contribution is -2.16. The predicted molar refractivity (Wildman–Crippen MR) is 92.7 cm³/mol. The maximum atomic E-state index is 6.02. The van der Waals surface area contributed by atoms with Crippen LogP contribution in [0.5, 0.6) is 17.2 Å². The molecular formula is C19H25NO3. The van der Waals surface area contributed by atoms with Crippen molar-refractivity contribution in [2.45, 2.75) is 19.3 Å². The lowest BCUT2D eigenvalue weighted by atomic mass is 9.91. The quantitative estimate of drug-likeness (QED) is 0.811. The van der Waals surface area contributed by atoms with Gasteiger partial charge < -0.3 is 19.9 Å². The van der Waals surface area contributed by atoms with Crippen molar-refractivity contribution in [2.24, 2.45) is 5.73 Å². The molecule has 1 atom stereocenters. The molecule has 0 bridgehead atoms. The first-order valence-corrected chi connectivity index (χ1v) is 7.85. The van der Waals surface area contributed by atoms with Gasteiger partial charge in [-0.05, 0) is 55.8 Å². The van der Waals surface area contributed by atoms with Gasteiger partial charge in [0.1, 0.15) is 17.2 Å². The van der Waals surface area contributed by atoms with Gasteiger partial charge in [0.05, 0.1) is 20.8 Å². The van der Waals surface area contributed by atoms with Crippen LogP contribution in [0.1, 0.15) is 24.0 Å². The van der Waals surface area contributed by atoms with Crippen molar-refractivity contribution in [1.29, 1.82) is 0 Å². The van der Waals surface area contributed by atoms with E-state index < -0.39 is 0 Å². The summed E-state index contributed by atoms with van der Waals surface area (Å²) >= 11 is 0. The van der Waals surface area contributed by atoms with E-state index in [1.807, 2.05) is 37.3 Å². The van der Waals surface area contributed by atoms with E-state index in [1.54, 1.807) is 14.2 Å². The maximum Gasteiger partial charge on any atom is 0.122 e. The van der Waals surface area contributed by atoms with Crippen molar-refractivity contribution in [1.82, 2.24) is 0 Å². The molecule has 4 nitrogen and oxygen atoms in total. The highest BCUT2D eigenvalue weighted by atomic mass is 16.5. The van der Waals surface area contributed by atoms with Gasteiger partial charge in [0.2, 0.25) is 0 Å². The molecule has 0 fully saturated rings. The molecule has 2 rings (SSSR count). The summed E-state index contributed by atoms with van der Waals surface area (Å²) in [6.45, 7) is 3.19. The molecular weight excluding hydrogens is 290 g/mol. The molecule has 0 heterocycles. The molecule has 124 valence electrons. The maximum absolute atomic E-state index is 6.02. The summed E-state index contributed by atoms with van der Waals surface area (Å²) in [6.07, 6.45) is 0.840. The fraction of sp³-hybridized carbons (Fsp3) is 0.368. The molecule has 0 saturated heterocycles. The van der Waals surface area contributed by atoms with Crippen molar-refractivity contribution in [3.8, 4) is 17.2 Å². The molecule has 0 amide bonds. The van der Waals surface area contributed by atoms with Crippen molar-refractivity contribution in [3.63, 3.8) is 0 Å². The molecule has 0 saturated carbocycles. The Morgan fingerprint density at radius 3 is 2.22 bits per heavy atom. The average molecular weight is 315 g/mol. The zero-order valence-electron chi connectivity index (χ0n) is 14.0. The number of ether oxygens (including phenoxy) is 3. The van der Waals surface area contributed by atoms with Crippen LogP contribution in [0.4, 0.5) is 0 Å². The topological polar surface area (TPSA) is 53.7 Å². The molecule has 2 N–H and O–H groups in total. The molecule has 0 spiro atoms. The monoisotopic (exact) mass is 315 g/mol. The highest BCUT2D eigenvalue weighted by molar-refractivity contribution is 5.43. The van der Waals surface area contributed by atoms with Gasteiger partial charge in [-0.2, -0.15) is 0 Å². The van der Waals surface area contributed by atoms with Crippen LogP contribution in [0.3, 0.4) is 0 Å². The summed E-state index contributed by atoms with van der Waals surface area (Å²) < 4.78 is 16.3. The summed E-state index contributed by atoms with van der Waals surface area (Å²) in [6, 6.07) is 14.0. The van der Waals surface area contributed by atoms with Gasteiger partial charge in [-0.15, -0.1) is 0 Å². The van der Waals surface area contributed by atoms with E-state index in [4.69, 9.17) is 19.9 Å². The first-order chi connectivity index (χ1) is 11.2. The minimum atomic E-state index is 0.165. The summed E-state index contributed by atoms with van der Waals surface area (Å²) in [5, 5.41) is 0. The second-order valence-electron chi connectivity index (χ2n) is 5.32. The highest BCUT2D eigenvalue weighted by Crippen LogP contribution is 2.32.